The number of amides is 1. The maximum Gasteiger partial charge on any atom is 0.287 e. The van der Waals surface area contributed by atoms with Crippen LogP contribution in [0.5, 0.6) is 0 Å². The third kappa shape index (κ3) is 4.11. The lowest BCUT2D eigenvalue weighted by Gasteiger charge is -2.14. The van der Waals surface area contributed by atoms with Crippen LogP contribution in [0, 0.1) is 10.1 Å². The van der Waals surface area contributed by atoms with Gasteiger partial charge in [0.15, 0.2) is 0 Å². The number of halogens is 3. The number of alkyl halides is 2. The summed E-state index contributed by atoms with van der Waals surface area (Å²) in [6.45, 7) is -2.46. The molecule has 0 aliphatic rings. The largest absolute Gasteiger partial charge is 0.390 e. The van der Waals surface area contributed by atoms with Crippen LogP contribution in [0.15, 0.2) is 18.2 Å². The summed E-state index contributed by atoms with van der Waals surface area (Å²) in [4.78, 5) is 21.3. The van der Waals surface area contributed by atoms with Gasteiger partial charge in [0.05, 0.1) is 22.1 Å². The number of hydrogen-bond donors (Lipinski definition) is 2. The zero-order chi connectivity index (χ0) is 14.6. The molecule has 19 heavy (non-hydrogen) atoms. The molecule has 1 rings (SSSR count). The number of non-ortho nitro benzene ring substituents is 1. The molecule has 1 aromatic carbocycles. The van der Waals surface area contributed by atoms with Crippen molar-refractivity contribution in [1.29, 1.82) is 0 Å². The number of carbonyl (C=O) groups excluding carboxylic acids is 1. The lowest BCUT2D eigenvalue weighted by Crippen LogP contribution is -2.39. The smallest absolute Gasteiger partial charge is 0.287 e. The second kappa shape index (κ2) is 5.89. The van der Waals surface area contributed by atoms with Crippen LogP contribution in [0.25, 0.3) is 0 Å². The van der Waals surface area contributed by atoms with E-state index in [1.165, 1.54) is 0 Å². The van der Waals surface area contributed by atoms with Crippen LogP contribution in [-0.2, 0) is 0 Å². The Hall–Kier alpha value is -1.80. The Morgan fingerprint density at radius 3 is 2.63 bits per heavy atom. The molecule has 0 fully saturated rings. The standard InChI is InChI=1S/C10H9ClF2N2O4/c11-8-3-6(15(18)19)1-2-7(8)9(17)14-4-10(12,13)5-16/h1-3,16H,4-5H2,(H,14,17). The Morgan fingerprint density at radius 2 is 2.16 bits per heavy atom. The normalized spacial score (nSPS) is 11.2. The van der Waals surface area contributed by atoms with E-state index >= 15 is 0 Å². The molecule has 2 N–H and O–H groups in total. The fraction of sp³-hybridized carbons (Fsp3) is 0.300. The third-order valence-corrected chi connectivity index (χ3v) is 2.46. The van der Waals surface area contributed by atoms with Crippen molar-refractivity contribution in [3.63, 3.8) is 0 Å². The predicted molar refractivity (Wildman–Crippen MR) is 62.5 cm³/mol. The van der Waals surface area contributed by atoms with Gasteiger partial charge in [-0.1, -0.05) is 11.6 Å². The predicted octanol–water partition coefficient (Wildman–Crippen LogP) is 1.61. The Bertz CT molecular complexity index is 510. The summed E-state index contributed by atoms with van der Waals surface area (Å²) < 4.78 is 25.4. The van der Waals surface area contributed by atoms with Crippen molar-refractivity contribution in [3.05, 3.63) is 38.9 Å². The topological polar surface area (TPSA) is 92.5 Å². The first-order valence-corrected chi connectivity index (χ1v) is 5.35. The number of benzene rings is 1. The monoisotopic (exact) mass is 294 g/mol. The maximum absolute atomic E-state index is 12.7. The SMILES string of the molecule is O=C(NCC(F)(F)CO)c1ccc([N+](=O)[O-])cc1Cl. The molecule has 1 aromatic rings. The Balaban J connectivity index is 2.81. The molecule has 0 aromatic heterocycles. The number of hydrogen-bond acceptors (Lipinski definition) is 4. The summed E-state index contributed by atoms with van der Waals surface area (Å²) >= 11 is 5.65. The van der Waals surface area contributed by atoms with Gasteiger partial charge >= 0.3 is 0 Å². The summed E-state index contributed by atoms with van der Waals surface area (Å²) in [6.07, 6.45) is 0. The second-order valence-electron chi connectivity index (χ2n) is 3.62. The zero-order valence-corrected chi connectivity index (χ0v) is 10.2. The summed E-state index contributed by atoms with van der Waals surface area (Å²) in [5.41, 5.74) is -0.483. The number of aliphatic hydroxyl groups excluding tert-OH is 1. The molecule has 0 heterocycles. The van der Waals surface area contributed by atoms with Crippen molar-refractivity contribution in [2.24, 2.45) is 0 Å². The molecule has 0 bridgehead atoms. The van der Waals surface area contributed by atoms with Crippen LogP contribution in [0.3, 0.4) is 0 Å². The molecule has 9 heteroatoms. The van der Waals surface area contributed by atoms with Crippen LogP contribution < -0.4 is 5.32 Å². The molecule has 0 spiro atoms. The van der Waals surface area contributed by atoms with Gasteiger partial charge < -0.3 is 10.4 Å². The molecule has 0 unspecified atom stereocenters. The molecule has 6 nitrogen and oxygen atoms in total. The van der Waals surface area contributed by atoms with Crippen LogP contribution >= 0.6 is 11.6 Å². The van der Waals surface area contributed by atoms with Crippen molar-refractivity contribution in [2.75, 3.05) is 13.2 Å². The van der Waals surface area contributed by atoms with Gasteiger partial charge in [0.1, 0.15) is 6.61 Å². The highest BCUT2D eigenvalue weighted by Crippen LogP contribution is 2.22. The van der Waals surface area contributed by atoms with E-state index in [4.69, 9.17) is 16.7 Å². The fourth-order valence-electron chi connectivity index (χ4n) is 1.16. The molecular weight excluding hydrogens is 286 g/mol. The highest BCUT2D eigenvalue weighted by atomic mass is 35.5. The van der Waals surface area contributed by atoms with Crippen LogP contribution in [0.4, 0.5) is 14.5 Å². The Kier molecular flexibility index (Phi) is 4.73. The summed E-state index contributed by atoms with van der Waals surface area (Å²) in [5, 5.41) is 20.4. The lowest BCUT2D eigenvalue weighted by atomic mass is 10.2. The third-order valence-electron chi connectivity index (χ3n) is 2.15. The van der Waals surface area contributed by atoms with Gasteiger partial charge in [0.25, 0.3) is 17.5 Å². The molecule has 0 aliphatic carbocycles. The van der Waals surface area contributed by atoms with Crippen molar-refractivity contribution >= 4 is 23.2 Å². The van der Waals surface area contributed by atoms with E-state index < -0.39 is 29.9 Å². The molecule has 0 saturated heterocycles. The van der Waals surface area contributed by atoms with Crippen LogP contribution in [-0.4, -0.2) is 35.0 Å². The van der Waals surface area contributed by atoms with Gasteiger partial charge in [0.2, 0.25) is 0 Å². The van der Waals surface area contributed by atoms with E-state index in [0.717, 1.165) is 18.2 Å². The first-order valence-electron chi connectivity index (χ1n) is 4.97. The number of nitrogens with zero attached hydrogens (tertiary/aromatic N) is 1. The molecular formula is C10H9ClF2N2O4. The quantitative estimate of drug-likeness (QED) is 0.637. The minimum atomic E-state index is -3.44. The second-order valence-corrected chi connectivity index (χ2v) is 4.03. The van der Waals surface area contributed by atoms with Gasteiger partial charge in [-0.15, -0.1) is 0 Å². The van der Waals surface area contributed by atoms with Gasteiger partial charge in [-0.3, -0.25) is 14.9 Å². The Labute approximate surface area is 111 Å². The van der Waals surface area contributed by atoms with E-state index in [-0.39, 0.29) is 16.3 Å². The summed E-state index contributed by atoms with van der Waals surface area (Å²) in [7, 11) is 0. The molecule has 0 atom stereocenters. The first-order chi connectivity index (χ1) is 8.76. The van der Waals surface area contributed by atoms with Gasteiger partial charge in [0, 0.05) is 12.1 Å². The molecule has 0 aliphatic heterocycles. The highest BCUT2D eigenvalue weighted by Gasteiger charge is 2.28. The molecule has 0 radical (unpaired) electrons. The summed E-state index contributed by atoms with van der Waals surface area (Å²) in [5.74, 6) is -4.35. The number of rotatable bonds is 5. The number of carbonyl (C=O) groups is 1. The molecule has 104 valence electrons. The maximum atomic E-state index is 12.7. The van der Waals surface area contributed by atoms with Crippen molar-refractivity contribution in [1.82, 2.24) is 5.32 Å². The number of nitrogens with one attached hydrogen (secondary N) is 1. The van der Waals surface area contributed by atoms with E-state index in [0.29, 0.717) is 0 Å². The van der Waals surface area contributed by atoms with Crippen LogP contribution in [0.2, 0.25) is 5.02 Å². The minimum absolute atomic E-state index is 0.166. The molecule has 1 amide bonds. The van der Waals surface area contributed by atoms with Crippen molar-refractivity contribution in [3.8, 4) is 0 Å². The molecule has 0 saturated carbocycles. The number of aliphatic hydroxyl groups is 1. The average Bonchev–Trinajstić information content (AvgIpc) is 2.36. The van der Waals surface area contributed by atoms with Crippen molar-refractivity contribution < 1.29 is 23.6 Å². The first kappa shape index (κ1) is 15.3. The number of nitro groups is 1. The van der Waals surface area contributed by atoms with Crippen LogP contribution in [0.1, 0.15) is 10.4 Å². The fourth-order valence-corrected chi connectivity index (χ4v) is 1.42. The van der Waals surface area contributed by atoms with E-state index in [9.17, 15) is 23.7 Å². The highest BCUT2D eigenvalue weighted by molar-refractivity contribution is 6.34. The van der Waals surface area contributed by atoms with Gasteiger partial charge in [-0.2, -0.15) is 0 Å². The van der Waals surface area contributed by atoms with E-state index in [1.807, 2.05) is 5.32 Å². The van der Waals surface area contributed by atoms with Gasteiger partial charge in [-0.25, -0.2) is 8.78 Å². The number of nitro benzene ring substituents is 1. The Morgan fingerprint density at radius 1 is 1.53 bits per heavy atom. The van der Waals surface area contributed by atoms with E-state index in [2.05, 4.69) is 0 Å². The van der Waals surface area contributed by atoms with E-state index in [1.54, 1.807) is 0 Å². The average molecular weight is 295 g/mol. The van der Waals surface area contributed by atoms with Crippen molar-refractivity contribution in [2.45, 2.75) is 5.92 Å². The lowest BCUT2D eigenvalue weighted by molar-refractivity contribution is -0.384. The summed E-state index contributed by atoms with van der Waals surface area (Å²) in [6, 6.07) is 3.04. The zero-order valence-electron chi connectivity index (χ0n) is 9.40. The van der Waals surface area contributed by atoms with Gasteiger partial charge in [-0.05, 0) is 6.07 Å². The minimum Gasteiger partial charge on any atom is -0.390 e.